The Balaban J connectivity index is -0.000000208. The summed E-state index contributed by atoms with van der Waals surface area (Å²) >= 11 is 0. The molecule has 1 rings (SSSR count). The predicted octanol–water partition coefficient (Wildman–Crippen LogP) is 4.14. The maximum atomic E-state index is 10.5. The Bertz CT molecular complexity index is 143. The van der Waals surface area contributed by atoms with Crippen molar-refractivity contribution in [2.45, 2.75) is 73.8 Å². The van der Waals surface area contributed by atoms with Crippen molar-refractivity contribution in [3.8, 4) is 0 Å². The Kier molecular flexibility index (Phi) is 16.6. The Morgan fingerprint density at radius 3 is 1.50 bits per heavy atom. The van der Waals surface area contributed by atoms with Gasteiger partial charge < -0.3 is 0 Å². The number of nitrogens with zero attached hydrogens (tertiary/aromatic N) is 1. The Hall–Kier alpha value is -0.370. The molecule has 1 aliphatic rings. The van der Waals surface area contributed by atoms with Crippen LogP contribution in [0.5, 0.6) is 0 Å². The fraction of sp³-hybridized carbons (Fsp3) is 0.929. The van der Waals surface area contributed by atoms with Crippen LogP contribution in [0.3, 0.4) is 0 Å². The Morgan fingerprint density at radius 1 is 1.06 bits per heavy atom. The average molecular weight is 231 g/mol. The summed E-state index contributed by atoms with van der Waals surface area (Å²) in [6.45, 7) is 6.32. The van der Waals surface area contributed by atoms with E-state index in [1.54, 1.807) is 6.92 Å². The third-order valence-corrected chi connectivity index (χ3v) is 2.60. The molecule has 0 unspecified atom stereocenters. The molecule has 1 fully saturated rings. The molecule has 0 aliphatic heterocycles. The van der Waals surface area contributed by atoms with Crippen LogP contribution in [-0.2, 0) is 4.79 Å². The lowest BCUT2D eigenvalue weighted by atomic mass is 10.3. The van der Waals surface area contributed by atoms with Gasteiger partial charge in [0.15, 0.2) is 0 Å². The van der Waals surface area contributed by atoms with Gasteiger partial charge in [0, 0.05) is 6.04 Å². The van der Waals surface area contributed by atoms with E-state index in [1.165, 1.54) is 32.1 Å². The molecule has 0 N–H and O–H groups in total. The molecule has 2 heteroatoms. The van der Waals surface area contributed by atoms with Crippen LogP contribution in [0.15, 0.2) is 0 Å². The zero-order valence-corrected chi connectivity index (χ0v) is 10.2. The van der Waals surface area contributed by atoms with E-state index in [-0.39, 0.29) is 20.6 Å². The molecule has 2 nitrogen and oxygen atoms in total. The van der Waals surface area contributed by atoms with Gasteiger partial charge in [0.05, 0.1) is 6.54 Å². The van der Waals surface area contributed by atoms with Gasteiger partial charge >= 0.3 is 0 Å². The van der Waals surface area contributed by atoms with Crippen molar-refractivity contribution in [2.24, 2.45) is 0 Å². The number of carbonyl (C=O) groups excluding carboxylic acids is 1. The molecule has 0 radical (unpaired) electrons. The van der Waals surface area contributed by atoms with Crippen molar-refractivity contribution >= 4 is 5.78 Å². The van der Waals surface area contributed by atoms with Crippen LogP contribution < -0.4 is 0 Å². The highest BCUT2D eigenvalue weighted by Gasteiger charge is 2.03. The van der Waals surface area contributed by atoms with E-state index in [0.29, 0.717) is 12.6 Å². The van der Waals surface area contributed by atoms with E-state index in [2.05, 4.69) is 13.8 Å². The molecule has 100 valence electrons. The van der Waals surface area contributed by atoms with E-state index in [1.807, 2.05) is 11.9 Å². The van der Waals surface area contributed by atoms with Crippen LogP contribution in [0.1, 0.15) is 67.7 Å². The van der Waals surface area contributed by atoms with E-state index in [4.69, 9.17) is 0 Å². The summed E-state index contributed by atoms with van der Waals surface area (Å²) in [6, 6.07) is 0.467. The van der Waals surface area contributed by atoms with Crippen molar-refractivity contribution in [3.05, 3.63) is 0 Å². The van der Waals surface area contributed by atoms with E-state index >= 15 is 0 Å². The summed E-state index contributed by atoms with van der Waals surface area (Å²) in [5.74, 6) is 0.228. The fourth-order valence-electron chi connectivity index (χ4n) is 1.42. The summed E-state index contributed by atoms with van der Waals surface area (Å²) in [5.41, 5.74) is 0. The number of hydrogen-bond acceptors (Lipinski definition) is 2. The maximum Gasteiger partial charge on any atom is 0.143 e. The highest BCUT2D eigenvalue weighted by atomic mass is 16.1. The summed E-state index contributed by atoms with van der Waals surface area (Å²) in [4.78, 5) is 12.5. The van der Waals surface area contributed by atoms with E-state index in [0.717, 1.165) is 0 Å². The first-order chi connectivity index (χ1) is 6.54. The summed E-state index contributed by atoms with van der Waals surface area (Å²) < 4.78 is 0. The van der Waals surface area contributed by atoms with Crippen molar-refractivity contribution in [1.29, 1.82) is 0 Å². The zero-order valence-electron chi connectivity index (χ0n) is 10.2. The van der Waals surface area contributed by atoms with Gasteiger partial charge in [-0.3, -0.25) is 9.69 Å². The van der Waals surface area contributed by atoms with Crippen LogP contribution in [0.2, 0.25) is 0 Å². The second-order valence-corrected chi connectivity index (χ2v) is 4.48. The normalized spacial score (nSPS) is 13.6. The molecule has 0 bridgehead atoms. The average Bonchev–Trinajstić information content (AvgIpc) is 2.59. The highest BCUT2D eigenvalue weighted by molar-refractivity contribution is 5.77. The molecule has 0 heterocycles. The largest absolute Gasteiger partial charge is 0.299 e. The number of Topliss-reactive ketones (excluding diaryl/α,β-unsaturated/α-hetero) is 1. The number of carbonyl (C=O) groups is 1. The van der Waals surface area contributed by atoms with Gasteiger partial charge in [-0.05, 0) is 27.8 Å². The van der Waals surface area contributed by atoms with Crippen molar-refractivity contribution in [3.63, 3.8) is 0 Å². The van der Waals surface area contributed by atoms with Crippen LogP contribution in [0, 0.1) is 0 Å². The molecule has 0 aromatic rings. The highest BCUT2D eigenvalue weighted by Crippen LogP contribution is 2.15. The minimum atomic E-state index is 0. The standard InChI is InChI=1S/C7H15NO.C5H10.2CH4/c1-6(2)8(4)5-7(3)9;1-2-4-5-3-1;;/h6H,5H2,1-4H3;1-5H2;2*1H4. The number of hydrogen-bond donors (Lipinski definition) is 0. The molecular weight excluding hydrogens is 198 g/mol. The van der Waals surface area contributed by atoms with Gasteiger partial charge in [0.1, 0.15) is 5.78 Å². The summed E-state index contributed by atoms with van der Waals surface area (Å²) in [7, 11) is 1.95. The molecule has 0 aromatic heterocycles. The van der Waals surface area contributed by atoms with Gasteiger partial charge in [0.25, 0.3) is 0 Å². The van der Waals surface area contributed by atoms with Crippen LogP contribution in [0.25, 0.3) is 0 Å². The summed E-state index contributed by atoms with van der Waals surface area (Å²) in [5, 5.41) is 0. The first-order valence-corrected chi connectivity index (χ1v) is 5.73. The van der Waals surface area contributed by atoms with E-state index < -0.39 is 0 Å². The van der Waals surface area contributed by atoms with Gasteiger partial charge in [0.2, 0.25) is 0 Å². The topological polar surface area (TPSA) is 20.3 Å². The molecule has 16 heavy (non-hydrogen) atoms. The molecule has 0 atom stereocenters. The third-order valence-electron chi connectivity index (χ3n) is 2.60. The second-order valence-electron chi connectivity index (χ2n) is 4.48. The van der Waals surface area contributed by atoms with Crippen LogP contribution >= 0.6 is 0 Å². The van der Waals surface area contributed by atoms with Crippen molar-refractivity contribution < 1.29 is 4.79 Å². The number of ketones is 1. The zero-order chi connectivity index (χ0) is 11.0. The van der Waals surface area contributed by atoms with Gasteiger partial charge in [-0.2, -0.15) is 0 Å². The molecule has 1 saturated carbocycles. The molecule has 1 aliphatic carbocycles. The minimum absolute atomic E-state index is 0. The number of rotatable bonds is 3. The lowest BCUT2D eigenvalue weighted by Gasteiger charge is -2.18. The Morgan fingerprint density at radius 2 is 1.38 bits per heavy atom. The van der Waals surface area contributed by atoms with Crippen molar-refractivity contribution in [2.75, 3.05) is 13.6 Å². The maximum absolute atomic E-state index is 10.5. The fourth-order valence-corrected chi connectivity index (χ4v) is 1.42. The first-order valence-electron chi connectivity index (χ1n) is 5.73. The number of likely N-dealkylation sites (N-methyl/N-ethyl adjacent to an activating group) is 1. The lowest BCUT2D eigenvalue weighted by molar-refractivity contribution is -0.118. The smallest absolute Gasteiger partial charge is 0.143 e. The summed E-state index contributed by atoms with van der Waals surface area (Å²) in [6.07, 6.45) is 7.50. The molecule has 0 spiro atoms. The lowest BCUT2D eigenvalue weighted by Crippen LogP contribution is -2.30. The van der Waals surface area contributed by atoms with Crippen LogP contribution in [0.4, 0.5) is 0 Å². The molecule has 0 amide bonds. The third kappa shape index (κ3) is 13.6. The van der Waals surface area contributed by atoms with Crippen LogP contribution in [-0.4, -0.2) is 30.3 Å². The van der Waals surface area contributed by atoms with Crippen molar-refractivity contribution in [1.82, 2.24) is 4.90 Å². The second kappa shape index (κ2) is 12.7. The molecular formula is C14H33NO. The predicted molar refractivity (Wildman–Crippen MR) is 75.0 cm³/mol. The quantitative estimate of drug-likeness (QED) is 0.727. The first kappa shape index (κ1) is 21.0. The van der Waals surface area contributed by atoms with E-state index in [9.17, 15) is 4.79 Å². The monoisotopic (exact) mass is 231 g/mol. The van der Waals surface area contributed by atoms with Gasteiger partial charge in [-0.1, -0.05) is 47.0 Å². The van der Waals surface area contributed by atoms with Gasteiger partial charge in [-0.25, -0.2) is 0 Å². The minimum Gasteiger partial charge on any atom is -0.299 e. The van der Waals surface area contributed by atoms with Gasteiger partial charge in [-0.15, -0.1) is 0 Å². The molecule has 0 aromatic carbocycles. The molecule has 0 saturated heterocycles. The SMILES string of the molecule is C.C.C1CCCC1.CC(=O)CN(C)C(C)C. The Labute approximate surface area is 103 Å².